The van der Waals surface area contributed by atoms with Gasteiger partial charge >= 0.3 is 0 Å². The molecule has 0 spiro atoms. The Hall–Kier alpha value is -5.02. The summed E-state index contributed by atoms with van der Waals surface area (Å²) in [6.07, 6.45) is 0. The molecule has 0 saturated carbocycles. The van der Waals surface area contributed by atoms with E-state index in [4.69, 9.17) is 14.7 Å². The number of ether oxygens (including phenoxy) is 1. The minimum atomic E-state index is 0.805. The van der Waals surface area contributed by atoms with E-state index in [9.17, 15) is 0 Å². The van der Waals surface area contributed by atoms with E-state index in [1.165, 1.54) is 10.8 Å². The van der Waals surface area contributed by atoms with Crippen molar-refractivity contribution in [2.24, 2.45) is 0 Å². The number of hydrogen-bond acceptors (Lipinski definition) is 3. The van der Waals surface area contributed by atoms with Crippen LogP contribution in [-0.2, 0) is 0 Å². The molecule has 8 aromatic rings. The van der Waals surface area contributed by atoms with Crippen molar-refractivity contribution >= 4 is 65.2 Å². The lowest BCUT2D eigenvalue weighted by Crippen LogP contribution is -1.92. The second-order valence-electron chi connectivity index (χ2n) is 10.4. The molecule has 2 heterocycles. The lowest BCUT2D eigenvalue weighted by Gasteiger charge is -2.14. The first kappa shape index (κ1) is 22.0. The zero-order valence-corrected chi connectivity index (χ0v) is 21.7. The predicted octanol–water partition coefficient (Wildman–Crippen LogP) is 9.80. The first-order valence-electron chi connectivity index (χ1n) is 13.2. The molecule has 0 aliphatic rings. The molecule has 3 heteroatoms. The monoisotopic (exact) mass is 500 g/mol. The summed E-state index contributed by atoms with van der Waals surface area (Å²) in [5.41, 5.74) is 6.32. The van der Waals surface area contributed by atoms with Crippen LogP contribution in [-0.4, -0.2) is 9.97 Å². The van der Waals surface area contributed by atoms with E-state index >= 15 is 0 Å². The molecule has 0 aliphatic carbocycles. The van der Waals surface area contributed by atoms with E-state index in [2.05, 4.69) is 111 Å². The Morgan fingerprint density at radius 2 is 0.897 bits per heavy atom. The smallest absolute Gasteiger partial charge is 0.128 e. The molecular weight excluding hydrogens is 476 g/mol. The van der Waals surface area contributed by atoms with Gasteiger partial charge in [-0.05, 0) is 84.3 Å². The maximum atomic E-state index is 6.57. The van der Waals surface area contributed by atoms with Gasteiger partial charge < -0.3 is 4.74 Å². The van der Waals surface area contributed by atoms with Crippen LogP contribution in [0.5, 0.6) is 11.5 Å². The predicted molar refractivity (Wildman–Crippen MR) is 163 cm³/mol. The second-order valence-corrected chi connectivity index (χ2v) is 10.4. The highest BCUT2D eigenvalue weighted by atomic mass is 16.5. The fourth-order valence-electron chi connectivity index (χ4n) is 5.92. The van der Waals surface area contributed by atoms with Crippen molar-refractivity contribution < 1.29 is 4.74 Å². The summed E-state index contributed by atoms with van der Waals surface area (Å²) in [7, 11) is 0. The summed E-state index contributed by atoms with van der Waals surface area (Å²) in [6, 6.07) is 38.2. The number of aromatic nitrogens is 2. The summed E-state index contributed by atoms with van der Waals surface area (Å²) >= 11 is 0. The van der Waals surface area contributed by atoms with E-state index in [1.807, 2.05) is 12.1 Å². The fourth-order valence-corrected chi connectivity index (χ4v) is 5.92. The molecule has 0 aliphatic heterocycles. The van der Waals surface area contributed by atoms with Crippen molar-refractivity contribution in [2.45, 2.75) is 13.8 Å². The van der Waals surface area contributed by atoms with Crippen LogP contribution in [0.2, 0.25) is 0 Å². The number of para-hydroxylation sites is 2. The Bertz CT molecular complexity index is 2120. The van der Waals surface area contributed by atoms with Crippen LogP contribution in [0.15, 0.2) is 109 Å². The summed E-state index contributed by atoms with van der Waals surface area (Å²) in [5.74, 6) is 1.61. The van der Waals surface area contributed by atoms with Crippen LogP contribution in [0.25, 0.3) is 65.2 Å². The fraction of sp³-hybridized carbons (Fsp3) is 0.0556. The second kappa shape index (κ2) is 8.24. The molecular formula is C36H24N2O. The van der Waals surface area contributed by atoms with Gasteiger partial charge in [0.2, 0.25) is 0 Å². The molecule has 0 unspecified atom stereocenters. The Morgan fingerprint density at radius 3 is 1.38 bits per heavy atom. The number of rotatable bonds is 2. The van der Waals surface area contributed by atoms with Crippen LogP contribution in [0.4, 0.5) is 0 Å². The Labute approximate surface area is 225 Å². The third kappa shape index (κ3) is 3.51. The molecule has 3 nitrogen and oxygen atoms in total. The molecule has 0 amide bonds. The SMILES string of the molecule is Cc1cc(Oc2cc(C)c3ccc4cc5ccccc5nc4c3c2)cc2c1ccc1cc3ccccc3nc12. The molecule has 0 N–H and O–H groups in total. The van der Waals surface area contributed by atoms with Crippen molar-refractivity contribution in [3.8, 4) is 11.5 Å². The van der Waals surface area contributed by atoms with Crippen LogP contribution in [0.1, 0.15) is 11.1 Å². The minimum absolute atomic E-state index is 0.805. The molecule has 8 rings (SSSR count). The zero-order chi connectivity index (χ0) is 26.1. The number of pyridine rings is 2. The van der Waals surface area contributed by atoms with Gasteiger partial charge in [0.05, 0.1) is 22.1 Å². The number of aryl methyl sites for hydroxylation is 2. The summed E-state index contributed by atoms with van der Waals surface area (Å²) in [4.78, 5) is 10.1. The molecule has 6 aromatic carbocycles. The first-order valence-corrected chi connectivity index (χ1v) is 13.2. The maximum Gasteiger partial charge on any atom is 0.128 e. The highest BCUT2D eigenvalue weighted by molar-refractivity contribution is 6.11. The lowest BCUT2D eigenvalue weighted by atomic mass is 10.00. The van der Waals surface area contributed by atoms with Crippen molar-refractivity contribution in [2.75, 3.05) is 0 Å². The normalized spacial score (nSPS) is 11.8. The molecule has 0 saturated heterocycles. The number of nitrogens with zero attached hydrogens (tertiary/aromatic N) is 2. The lowest BCUT2D eigenvalue weighted by molar-refractivity contribution is 0.483. The van der Waals surface area contributed by atoms with Crippen LogP contribution in [0, 0.1) is 13.8 Å². The van der Waals surface area contributed by atoms with Gasteiger partial charge in [0.25, 0.3) is 0 Å². The molecule has 0 fully saturated rings. The van der Waals surface area contributed by atoms with Gasteiger partial charge in [0, 0.05) is 32.3 Å². The molecule has 0 atom stereocenters. The van der Waals surface area contributed by atoms with E-state index in [-0.39, 0.29) is 0 Å². The van der Waals surface area contributed by atoms with Gasteiger partial charge in [-0.25, -0.2) is 9.97 Å². The third-order valence-electron chi connectivity index (χ3n) is 7.83. The topological polar surface area (TPSA) is 35.0 Å². The van der Waals surface area contributed by atoms with Crippen molar-refractivity contribution in [1.82, 2.24) is 9.97 Å². The van der Waals surface area contributed by atoms with Gasteiger partial charge in [-0.2, -0.15) is 0 Å². The quantitative estimate of drug-likeness (QED) is 0.175. The standard InChI is InChI=1S/C36H24N2O/c1-21-15-27(19-31-29(21)13-11-25-17-23-7-3-5-9-33(23)37-35(25)31)39-28-16-22(2)30-14-12-26-18-24-8-4-6-10-34(24)38-36(26)32(30)20-28/h3-20H,1-2H3. The van der Waals surface area contributed by atoms with E-state index in [1.54, 1.807) is 0 Å². The zero-order valence-electron chi connectivity index (χ0n) is 21.7. The first-order chi connectivity index (χ1) is 19.1. The molecule has 0 radical (unpaired) electrons. The molecule has 2 aromatic heterocycles. The third-order valence-corrected chi connectivity index (χ3v) is 7.83. The Kier molecular flexibility index (Phi) is 4.65. The average Bonchev–Trinajstić information content (AvgIpc) is 2.95. The van der Waals surface area contributed by atoms with Crippen LogP contribution in [0.3, 0.4) is 0 Å². The Balaban J connectivity index is 1.31. The van der Waals surface area contributed by atoms with E-state index in [0.29, 0.717) is 0 Å². The van der Waals surface area contributed by atoms with Gasteiger partial charge in [-0.1, -0.05) is 60.7 Å². The number of fused-ring (bicyclic) bond motifs is 8. The van der Waals surface area contributed by atoms with Gasteiger partial charge in [-0.15, -0.1) is 0 Å². The van der Waals surface area contributed by atoms with E-state index in [0.717, 1.165) is 77.0 Å². The van der Waals surface area contributed by atoms with Gasteiger partial charge in [0.1, 0.15) is 11.5 Å². The van der Waals surface area contributed by atoms with E-state index < -0.39 is 0 Å². The molecule has 0 bridgehead atoms. The Morgan fingerprint density at radius 1 is 0.436 bits per heavy atom. The largest absolute Gasteiger partial charge is 0.457 e. The highest BCUT2D eigenvalue weighted by Crippen LogP contribution is 2.37. The molecule has 39 heavy (non-hydrogen) atoms. The summed E-state index contributed by atoms with van der Waals surface area (Å²) < 4.78 is 6.57. The van der Waals surface area contributed by atoms with Crippen molar-refractivity contribution in [3.05, 3.63) is 120 Å². The average molecular weight is 501 g/mol. The summed E-state index contributed by atoms with van der Waals surface area (Å²) in [5, 5.41) is 9.13. The van der Waals surface area contributed by atoms with Crippen LogP contribution < -0.4 is 4.74 Å². The maximum absolute atomic E-state index is 6.57. The number of benzene rings is 6. The van der Waals surface area contributed by atoms with Crippen molar-refractivity contribution in [1.29, 1.82) is 0 Å². The van der Waals surface area contributed by atoms with Gasteiger partial charge in [0.15, 0.2) is 0 Å². The van der Waals surface area contributed by atoms with Crippen LogP contribution >= 0.6 is 0 Å². The summed E-state index contributed by atoms with van der Waals surface area (Å²) in [6.45, 7) is 4.27. The minimum Gasteiger partial charge on any atom is -0.457 e. The number of hydrogen-bond donors (Lipinski definition) is 0. The molecule has 184 valence electrons. The van der Waals surface area contributed by atoms with Crippen molar-refractivity contribution in [3.63, 3.8) is 0 Å². The highest BCUT2D eigenvalue weighted by Gasteiger charge is 2.12. The van der Waals surface area contributed by atoms with Gasteiger partial charge in [-0.3, -0.25) is 0 Å².